The Morgan fingerprint density at radius 3 is 2.45 bits per heavy atom. The first-order valence-corrected chi connectivity index (χ1v) is 13.6. The lowest BCUT2D eigenvalue weighted by atomic mass is 9.84. The molecule has 8 nitrogen and oxygen atoms in total. The van der Waals surface area contributed by atoms with Crippen LogP contribution in [0.25, 0.3) is 27.9 Å². The molecule has 0 bridgehead atoms. The molecule has 2 amide bonds. The van der Waals surface area contributed by atoms with E-state index in [-0.39, 0.29) is 17.7 Å². The van der Waals surface area contributed by atoms with Gasteiger partial charge in [0.2, 0.25) is 11.8 Å². The minimum atomic E-state index is -0.255. The quantitative estimate of drug-likeness (QED) is 0.370. The fourth-order valence-electron chi connectivity index (χ4n) is 5.52. The molecule has 5 rings (SSSR count). The number of hydrogen-bond donors (Lipinski definition) is 3. The average molecular weight is 515 g/mol. The van der Waals surface area contributed by atoms with E-state index in [0.717, 1.165) is 59.1 Å². The van der Waals surface area contributed by atoms with Crippen LogP contribution in [0.5, 0.6) is 0 Å². The molecular weight excluding hydrogens is 476 g/mol. The highest BCUT2D eigenvalue weighted by atomic mass is 16.2. The number of nitrogen functional groups attached to an aromatic ring is 1. The number of carbonyl (C=O) groups excluding carboxylic acids is 2. The Morgan fingerprint density at radius 2 is 1.82 bits per heavy atom. The third-order valence-electron chi connectivity index (χ3n) is 7.41. The number of nitrogens with one attached hydrogen (secondary N) is 2. The summed E-state index contributed by atoms with van der Waals surface area (Å²) in [4.78, 5) is 33.3. The minimum absolute atomic E-state index is 0.00544. The summed E-state index contributed by atoms with van der Waals surface area (Å²) in [7, 11) is 1.97. The summed E-state index contributed by atoms with van der Waals surface area (Å²) in [6, 6.07) is 8.02. The molecular formula is C30H38N6O2. The van der Waals surface area contributed by atoms with E-state index < -0.39 is 0 Å². The van der Waals surface area contributed by atoms with Gasteiger partial charge >= 0.3 is 0 Å². The van der Waals surface area contributed by atoms with E-state index in [1.54, 1.807) is 0 Å². The van der Waals surface area contributed by atoms with E-state index in [4.69, 9.17) is 5.73 Å². The maximum atomic E-state index is 12.9. The van der Waals surface area contributed by atoms with Crippen molar-refractivity contribution in [2.75, 3.05) is 11.1 Å². The zero-order valence-corrected chi connectivity index (χ0v) is 22.6. The van der Waals surface area contributed by atoms with Gasteiger partial charge < -0.3 is 20.9 Å². The van der Waals surface area contributed by atoms with Gasteiger partial charge in [-0.3, -0.25) is 9.59 Å². The predicted octanol–water partition coefficient (Wildman–Crippen LogP) is 5.61. The lowest BCUT2D eigenvalue weighted by Gasteiger charge is -2.24. The number of rotatable bonds is 6. The van der Waals surface area contributed by atoms with Gasteiger partial charge in [-0.1, -0.05) is 51.5 Å². The molecule has 38 heavy (non-hydrogen) atoms. The maximum Gasteiger partial charge on any atom is 0.247 e. The van der Waals surface area contributed by atoms with Crippen LogP contribution >= 0.6 is 0 Å². The Hall–Kier alpha value is -3.94. The molecule has 2 aromatic heterocycles. The largest absolute Gasteiger partial charge is 0.383 e. The van der Waals surface area contributed by atoms with Crippen molar-refractivity contribution in [2.24, 2.45) is 13.0 Å². The Kier molecular flexibility index (Phi) is 8.61. The molecule has 3 aromatic rings. The summed E-state index contributed by atoms with van der Waals surface area (Å²) in [5, 5.41) is 6.87. The highest BCUT2D eigenvalue weighted by Gasteiger charge is 2.29. The van der Waals surface area contributed by atoms with Crippen LogP contribution in [0.15, 0.2) is 49.3 Å². The second kappa shape index (κ2) is 12.1. The van der Waals surface area contributed by atoms with Crippen LogP contribution < -0.4 is 16.4 Å². The second-order valence-corrected chi connectivity index (χ2v) is 9.70. The average Bonchev–Trinajstić information content (AvgIpc) is 3.57. The zero-order valence-electron chi connectivity index (χ0n) is 22.6. The third-order valence-corrected chi connectivity index (χ3v) is 7.41. The van der Waals surface area contributed by atoms with Gasteiger partial charge in [0.1, 0.15) is 17.8 Å². The Balaban J connectivity index is 0.00000164. The number of aromatic nitrogens is 3. The number of hydrogen-bond acceptors (Lipinski definition) is 5. The van der Waals surface area contributed by atoms with Crippen LogP contribution in [0.3, 0.4) is 0 Å². The van der Waals surface area contributed by atoms with E-state index in [2.05, 4.69) is 33.3 Å². The molecule has 0 radical (unpaired) electrons. The summed E-state index contributed by atoms with van der Waals surface area (Å²) in [6.07, 6.45) is 11.8. The van der Waals surface area contributed by atoms with Gasteiger partial charge in [0.25, 0.3) is 0 Å². The molecule has 1 atom stereocenters. The SMILES string of the molecule is C=CC(=O)Nc1ccc(-c2c(C3=CCC(C(=O)NC4CCCC4)CC3)c3c(N)ncnc3n2C)cc1.CC. The van der Waals surface area contributed by atoms with Crippen molar-refractivity contribution in [3.8, 4) is 11.3 Å². The van der Waals surface area contributed by atoms with Gasteiger partial charge in [0.05, 0.1) is 11.1 Å². The lowest BCUT2D eigenvalue weighted by molar-refractivity contribution is -0.125. The summed E-state index contributed by atoms with van der Waals surface area (Å²) in [5.41, 5.74) is 12.0. The number of fused-ring (bicyclic) bond motifs is 1. The first-order chi connectivity index (χ1) is 18.5. The predicted molar refractivity (Wildman–Crippen MR) is 154 cm³/mol. The van der Waals surface area contributed by atoms with Crippen LogP contribution in [0.4, 0.5) is 11.5 Å². The normalized spacial score (nSPS) is 17.3. The van der Waals surface area contributed by atoms with Gasteiger partial charge in [-0.05, 0) is 61.4 Å². The molecule has 1 unspecified atom stereocenters. The van der Waals surface area contributed by atoms with Gasteiger partial charge in [0, 0.05) is 30.3 Å². The van der Waals surface area contributed by atoms with Crippen LogP contribution in [0.2, 0.25) is 0 Å². The molecule has 0 aliphatic heterocycles. The number of benzene rings is 1. The molecule has 2 heterocycles. The molecule has 8 heteroatoms. The van der Waals surface area contributed by atoms with Gasteiger partial charge in [-0.15, -0.1) is 0 Å². The lowest BCUT2D eigenvalue weighted by Crippen LogP contribution is -2.37. The van der Waals surface area contributed by atoms with Crippen molar-refractivity contribution in [1.29, 1.82) is 0 Å². The van der Waals surface area contributed by atoms with Crippen LogP contribution in [0, 0.1) is 5.92 Å². The monoisotopic (exact) mass is 514 g/mol. The Labute approximate surface area is 224 Å². The molecule has 2 aliphatic carbocycles. The second-order valence-electron chi connectivity index (χ2n) is 9.70. The molecule has 0 saturated heterocycles. The number of allylic oxidation sites excluding steroid dienone is 2. The van der Waals surface area contributed by atoms with Crippen molar-refractivity contribution in [3.63, 3.8) is 0 Å². The number of carbonyl (C=O) groups is 2. The number of anilines is 2. The molecule has 2 aliphatic rings. The van der Waals surface area contributed by atoms with E-state index >= 15 is 0 Å². The Morgan fingerprint density at radius 1 is 1.11 bits per heavy atom. The summed E-state index contributed by atoms with van der Waals surface area (Å²) < 4.78 is 2.04. The maximum absolute atomic E-state index is 12.9. The zero-order chi connectivity index (χ0) is 27.2. The molecule has 4 N–H and O–H groups in total. The van der Waals surface area contributed by atoms with Crippen molar-refractivity contribution >= 4 is 39.9 Å². The van der Waals surface area contributed by atoms with E-state index in [0.29, 0.717) is 24.0 Å². The van der Waals surface area contributed by atoms with E-state index in [9.17, 15) is 9.59 Å². The standard InChI is InChI=1S/C28H32N6O2.C2H6/c1-3-22(35)32-21-14-12-18(13-15-21)25-23(24-26(29)30-16-31-27(24)34(25)2)17-8-10-19(11-9-17)28(36)33-20-6-4-5-7-20;1-2/h3,8,12-16,19-20H,1,4-7,9-11H2,2H3,(H,32,35)(H,33,36)(H2,29,30,31);1-2H3. The summed E-state index contributed by atoms with van der Waals surface area (Å²) in [5.74, 6) is 0.355. The van der Waals surface area contributed by atoms with Gasteiger partial charge in [0.15, 0.2) is 0 Å². The van der Waals surface area contributed by atoms with Crippen molar-refractivity contribution in [3.05, 3.63) is 54.9 Å². The fourth-order valence-corrected chi connectivity index (χ4v) is 5.52. The molecule has 0 spiro atoms. The number of amides is 2. The summed E-state index contributed by atoms with van der Waals surface area (Å²) in [6.45, 7) is 7.50. The van der Waals surface area contributed by atoms with E-state index in [1.165, 1.54) is 25.2 Å². The van der Waals surface area contributed by atoms with Gasteiger partial charge in [-0.2, -0.15) is 0 Å². The van der Waals surface area contributed by atoms with Crippen LogP contribution in [0.1, 0.15) is 64.4 Å². The molecule has 200 valence electrons. The van der Waals surface area contributed by atoms with Crippen LogP contribution in [-0.4, -0.2) is 32.4 Å². The fraction of sp³-hybridized carbons (Fsp3) is 0.400. The molecule has 1 aromatic carbocycles. The smallest absolute Gasteiger partial charge is 0.247 e. The number of nitrogens with zero attached hydrogens (tertiary/aromatic N) is 3. The molecule has 1 saturated carbocycles. The first-order valence-electron chi connectivity index (χ1n) is 13.6. The van der Waals surface area contributed by atoms with Crippen molar-refractivity contribution in [2.45, 2.75) is 64.8 Å². The highest BCUT2D eigenvalue weighted by Crippen LogP contribution is 2.43. The molecule has 1 fully saturated rings. The highest BCUT2D eigenvalue weighted by molar-refractivity contribution is 6.04. The van der Waals surface area contributed by atoms with Crippen molar-refractivity contribution < 1.29 is 9.59 Å². The Bertz CT molecular complexity index is 1350. The van der Waals surface area contributed by atoms with Crippen LogP contribution in [-0.2, 0) is 16.6 Å². The topological polar surface area (TPSA) is 115 Å². The van der Waals surface area contributed by atoms with E-state index in [1.807, 2.05) is 49.7 Å². The van der Waals surface area contributed by atoms with Gasteiger partial charge in [-0.25, -0.2) is 9.97 Å². The number of aryl methyl sites for hydroxylation is 1. The summed E-state index contributed by atoms with van der Waals surface area (Å²) >= 11 is 0. The first kappa shape index (κ1) is 27.1. The van der Waals surface area contributed by atoms with Crippen molar-refractivity contribution in [1.82, 2.24) is 19.9 Å². The minimum Gasteiger partial charge on any atom is -0.383 e. The third kappa shape index (κ3) is 5.49. The number of nitrogens with two attached hydrogens (primary N) is 1.